The second-order valence-electron chi connectivity index (χ2n) is 7.41. The molecule has 0 saturated carbocycles. The first-order valence-electron chi connectivity index (χ1n) is 10.9. The van der Waals surface area contributed by atoms with Gasteiger partial charge in [-0.3, -0.25) is 4.18 Å². The third-order valence-electron chi connectivity index (χ3n) is 4.35. The highest BCUT2D eigenvalue weighted by Gasteiger charge is 2.10. The molecule has 0 spiro atoms. The van der Waals surface area contributed by atoms with Crippen LogP contribution in [-0.2, 0) is 20.9 Å². The summed E-state index contributed by atoms with van der Waals surface area (Å²) in [5.41, 5.74) is 6.92. The van der Waals surface area contributed by atoms with Crippen molar-refractivity contribution in [2.24, 2.45) is 5.73 Å². The highest BCUT2D eigenvalue weighted by Crippen LogP contribution is 2.33. The zero-order valence-electron chi connectivity index (χ0n) is 20.0. The lowest BCUT2D eigenvalue weighted by Crippen LogP contribution is -2.02. The number of halogens is 2. The molecule has 0 bridgehead atoms. The van der Waals surface area contributed by atoms with Crippen LogP contribution < -0.4 is 15.8 Å². The standard InChI is InChI=1S/C23H17ClFN3O4S2.C2H7N/c1-34(29,30)32-9-3-6-18-12-20-22(33-18)23(27-14-26-20)28-17-7-8-21(19(24)11-17)31-13-15-4-2-5-16(25)10-15;1-2-3/h2,4-5,7-8,10-12,14H,9,13H2,1H3,(H,26,27,28);2-3H2,1H3. The van der Waals surface area contributed by atoms with Crippen molar-refractivity contribution in [2.75, 3.05) is 24.7 Å². The number of nitrogens with one attached hydrogen (secondary N) is 1. The van der Waals surface area contributed by atoms with Gasteiger partial charge in [-0.05, 0) is 48.5 Å². The number of aromatic nitrogens is 2. The van der Waals surface area contributed by atoms with Crippen molar-refractivity contribution in [3.05, 3.63) is 76.1 Å². The van der Waals surface area contributed by atoms with Crippen LogP contribution in [0.4, 0.5) is 15.9 Å². The van der Waals surface area contributed by atoms with Gasteiger partial charge in [0, 0.05) is 5.69 Å². The van der Waals surface area contributed by atoms with E-state index in [-0.39, 0.29) is 19.0 Å². The van der Waals surface area contributed by atoms with Crippen LogP contribution in [0.3, 0.4) is 0 Å². The molecule has 0 atom stereocenters. The first kappa shape index (κ1) is 28.3. The molecule has 0 radical (unpaired) electrons. The van der Waals surface area contributed by atoms with Crippen LogP contribution in [-0.4, -0.2) is 37.8 Å². The topological polar surface area (TPSA) is 116 Å². The van der Waals surface area contributed by atoms with Gasteiger partial charge in [-0.2, -0.15) is 8.42 Å². The zero-order chi connectivity index (χ0) is 26.8. The minimum atomic E-state index is -3.54. The summed E-state index contributed by atoms with van der Waals surface area (Å²) < 4.78 is 46.5. The van der Waals surface area contributed by atoms with Crippen LogP contribution in [0.25, 0.3) is 10.2 Å². The Kier molecular flexibility index (Phi) is 10.2. The number of hydrogen-bond donors (Lipinski definition) is 2. The van der Waals surface area contributed by atoms with Gasteiger partial charge >= 0.3 is 0 Å². The number of benzene rings is 2. The van der Waals surface area contributed by atoms with E-state index < -0.39 is 10.1 Å². The zero-order valence-corrected chi connectivity index (χ0v) is 22.4. The van der Waals surface area contributed by atoms with E-state index in [1.807, 2.05) is 6.92 Å². The van der Waals surface area contributed by atoms with Gasteiger partial charge in [-0.15, -0.1) is 11.3 Å². The molecule has 37 heavy (non-hydrogen) atoms. The number of thiophene rings is 1. The first-order valence-corrected chi connectivity index (χ1v) is 13.9. The lowest BCUT2D eigenvalue weighted by Gasteiger charge is -2.11. The Morgan fingerprint density at radius 3 is 2.68 bits per heavy atom. The SMILES string of the molecule is CCN.CS(=O)(=O)OCC#Cc1cc2ncnc(Nc3ccc(OCc4cccc(F)c4)c(Cl)c3)c2s1. The molecule has 0 aliphatic rings. The Morgan fingerprint density at radius 1 is 1.19 bits per heavy atom. The predicted octanol–water partition coefficient (Wildman–Crippen LogP) is 5.10. The molecule has 0 aliphatic heterocycles. The normalized spacial score (nSPS) is 10.7. The fraction of sp³-hybridized carbons (Fsp3) is 0.200. The van der Waals surface area contributed by atoms with Crippen LogP contribution in [0.2, 0.25) is 5.02 Å². The molecule has 2 heterocycles. The average molecular weight is 563 g/mol. The molecule has 0 aliphatic carbocycles. The van der Waals surface area contributed by atoms with Crippen LogP contribution in [0.1, 0.15) is 17.4 Å². The molecular formula is C25H24ClFN4O4S2. The highest BCUT2D eigenvalue weighted by atomic mass is 35.5. The van der Waals surface area contributed by atoms with E-state index in [9.17, 15) is 12.8 Å². The summed E-state index contributed by atoms with van der Waals surface area (Å²) in [7, 11) is -3.54. The monoisotopic (exact) mass is 562 g/mol. The van der Waals surface area contributed by atoms with Crippen LogP contribution in [0.5, 0.6) is 5.75 Å². The molecule has 0 saturated heterocycles. The Labute approximate surface area is 223 Å². The maximum Gasteiger partial charge on any atom is 0.265 e. The number of rotatable bonds is 7. The number of ether oxygens (including phenoxy) is 1. The lowest BCUT2D eigenvalue weighted by molar-refractivity contribution is 0.306. The van der Waals surface area contributed by atoms with E-state index in [4.69, 9.17) is 22.1 Å². The highest BCUT2D eigenvalue weighted by molar-refractivity contribution is 7.86. The third-order valence-corrected chi connectivity index (χ3v) is 6.23. The van der Waals surface area contributed by atoms with Gasteiger partial charge in [0.05, 0.1) is 26.4 Å². The summed E-state index contributed by atoms with van der Waals surface area (Å²) in [6, 6.07) is 13.2. The van der Waals surface area contributed by atoms with Crippen molar-refractivity contribution in [1.29, 1.82) is 0 Å². The summed E-state index contributed by atoms with van der Waals surface area (Å²) in [6.07, 6.45) is 2.40. The van der Waals surface area contributed by atoms with E-state index >= 15 is 0 Å². The van der Waals surface area contributed by atoms with Gasteiger partial charge in [0.2, 0.25) is 0 Å². The molecule has 3 N–H and O–H groups in total. The molecule has 0 unspecified atom stereocenters. The minimum absolute atomic E-state index is 0.186. The number of fused-ring (bicyclic) bond motifs is 1. The number of nitrogens with two attached hydrogens (primary N) is 1. The van der Waals surface area contributed by atoms with Gasteiger partial charge in [-0.25, -0.2) is 14.4 Å². The summed E-state index contributed by atoms with van der Waals surface area (Å²) >= 11 is 7.74. The van der Waals surface area contributed by atoms with E-state index in [0.29, 0.717) is 38.2 Å². The Balaban J connectivity index is 0.00000121. The molecule has 4 rings (SSSR count). The van der Waals surface area contributed by atoms with Gasteiger partial charge in [0.15, 0.2) is 5.82 Å². The molecule has 0 fully saturated rings. The molecule has 0 amide bonds. The first-order chi connectivity index (χ1) is 17.7. The number of hydrogen-bond acceptors (Lipinski definition) is 9. The quantitative estimate of drug-likeness (QED) is 0.236. The van der Waals surface area contributed by atoms with Crippen molar-refractivity contribution in [3.63, 3.8) is 0 Å². The van der Waals surface area contributed by atoms with Crippen molar-refractivity contribution in [3.8, 4) is 17.6 Å². The minimum Gasteiger partial charge on any atom is -0.487 e. The van der Waals surface area contributed by atoms with Gasteiger partial charge < -0.3 is 15.8 Å². The summed E-state index contributed by atoms with van der Waals surface area (Å²) in [4.78, 5) is 9.25. The Hall–Kier alpha value is -3.27. The smallest absolute Gasteiger partial charge is 0.265 e. The number of nitrogens with zero attached hydrogens (tertiary/aromatic N) is 2. The predicted molar refractivity (Wildman–Crippen MR) is 145 cm³/mol. The van der Waals surface area contributed by atoms with Crippen LogP contribution in [0, 0.1) is 17.7 Å². The van der Waals surface area contributed by atoms with Gasteiger partial charge in [0.25, 0.3) is 10.1 Å². The van der Waals surface area contributed by atoms with E-state index in [1.54, 1.807) is 36.4 Å². The van der Waals surface area contributed by atoms with E-state index in [0.717, 1.165) is 17.5 Å². The van der Waals surface area contributed by atoms with Crippen molar-refractivity contribution in [1.82, 2.24) is 9.97 Å². The third kappa shape index (κ3) is 8.96. The van der Waals surface area contributed by atoms with Crippen molar-refractivity contribution in [2.45, 2.75) is 13.5 Å². The van der Waals surface area contributed by atoms with Gasteiger partial charge in [-0.1, -0.05) is 42.5 Å². The summed E-state index contributed by atoms with van der Waals surface area (Å²) in [6.45, 7) is 2.61. The lowest BCUT2D eigenvalue weighted by atomic mass is 10.2. The average Bonchev–Trinajstić information content (AvgIpc) is 3.25. The molecular weight excluding hydrogens is 539 g/mol. The molecule has 2 aromatic heterocycles. The van der Waals surface area contributed by atoms with Crippen molar-refractivity contribution >= 4 is 54.8 Å². The number of anilines is 2. The molecule has 4 aromatic rings. The molecule has 12 heteroatoms. The molecule has 2 aromatic carbocycles. The van der Waals surface area contributed by atoms with Crippen molar-refractivity contribution < 1.29 is 21.7 Å². The Morgan fingerprint density at radius 2 is 1.97 bits per heavy atom. The summed E-state index contributed by atoms with van der Waals surface area (Å²) in [5.74, 6) is 6.25. The fourth-order valence-electron chi connectivity index (χ4n) is 2.88. The largest absolute Gasteiger partial charge is 0.487 e. The Bertz CT molecular complexity index is 1530. The fourth-order valence-corrected chi connectivity index (χ4v) is 4.32. The maximum atomic E-state index is 13.3. The summed E-state index contributed by atoms with van der Waals surface area (Å²) in [5, 5.41) is 3.60. The van der Waals surface area contributed by atoms with Crippen LogP contribution in [0.15, 0.2) is 54.9 Å². The van der Waals surface area contributed by atoms with E-state index in [2.05, 4.69) is 31.3 Å². The second-order valence-corrected chi connectivity index (χ2v) is 10.5. The molecule has 194 valence electrons. The maximum absolute atomic E-state index is 13.3. The van der Waals surface area contributed by atoms with E-state index in [1.165, 1.54) is 29.8 Å². The van der Waals surface area contributed by atoms with Gasteiger partial charge in [0.1, 0.15) is 31.1 Å². The second kappa shape index (κ2) is 13.3. The van der Waals surface area contributed by atoms with Crippen LogP contribution >= 0.6 is 22.9 Å². The molecule has 8 nitrogen and oxygen atoms in total.